The van der Waals surface area contributed by atoms with Crippen molar-refractivity contribution in [2.45, 2.75) is 0 Å². The average molecular weight is 233 g/mol. The molecule has 0 unspecified atom stereocenters. The molecule has 0 bridgehead atoms. The van der Waals surface area contributed by atoms with Gasteiger partial charge in [0.25, 0.3) is 0 Å². The summed E-state index contributed by atoms with van der Waals surface area (Å²) >= 11 is 0. The second kappa shape index (κ2) is 3.47. The van der Waals surface area contributed by atoms with Gasteiger partial charge in [-0.3, -0.25) is 0 Å². The number of hydrogen-bond donors (Lipinski definition) is 2. The van der Waals surface area contributed by atoms with E-state index in [1.54, 1.807) is 0 Å². The molecule has 2 aromatic carbocycles. The summed E-state index contributed by atoms with van der Waals surface area (Å²) in [6.07, 6.45) is 1.95. The zero-order valence-corrected chi connectivity index (χ0v) is 9.64. The minimum absolute atomic E-state index is 0.910. The lowest BCUT2D eigenvalue weighted by atomic mass is 10.1. The van der Waals surface area contributed by atoms with E-state index < -0.39 is 0 Å². The standard InChI is InChI=1S/C15H11N3/c1-2-4-13-12(3-1)17-15(18-13)11-6-5-10-7-8-16-14(10)9-11/h1-9,16H,(H,17,18). The SMILES string of the molecule is c1ccc2[nH]c(-c3ccc4cc[nH]c4c3)nc2c1. The number of imidazole rings is 1. The Morgan fingerprint density at radius 3 is 2.78 bits per heavy atom. The highest BCUT2D eigenvalue weighted by atomic mass is 14.9. The minimum atomic E-state index is 0.910. The van der Waals surface area contributed by atoms with Crippen molar-refractivity contribution in [3.63, 3.8) is 0 Å². The van der Waals surface area contributed by atoms with Crippen LogP contribution < -0.4 is 0 Å². The van der Waals surface area contributed by atoms with E-state index in [4.69, 9.17) is 0 Å². The fourth-order valence-electron chi connectivity index (χ4n) is 2.28. The summed E-state index contributed by atoms with van der Waals surface area (Å²) in [4.78, 5) is 11.2. The van der Waals surface area contributed by atoms with Gasteiger partial charge < -0.3 is 9.97 Å². The summed E-state index contributed by atoms with van der Waals surface area (Å²) < 4.78 is 0. The van der Waals surface area contributed by atoms with Crippen molar-refractivity contribution < 1.29 is 0 Å². The highest BCUT2D eigenvalue weighted by molar-refractivity contribution is 5.85. The van der Waals surface area contributed by atoms with Crippen molar-refractivity contribution in [1.82, 2.24) is 15.0 Å². The van der Waals surface area contributed by atoms with E-state index in [1.165, 1.54) is 5.39 Å². The van der Waals surface area contributed by atoms with Crippen molar-refractivity contribution in [2.24, 2.45) is 0 Å². The van der Waals surface area contributed by atoms with Gasteiger partial charge in [-0.05, 0) is 29.7 Å². The van der Waals surface area contributed by atoms with Crippen molar-refractivity contribution in [3.8, 4) is 11.4 Å². The van der Waals surface area contributed by atoms with E-state index in [2.05, 4.69) is 39.2 Å². The molecule has 0 fully saturated rings. The maximum Gasteiger partial charge on any atom is 0.138 e. The molecule has 0 aliphatic rings. The summed E-state index contributed by atoms with van der Waals surface area (Å²) in [5, 5.41) is 1.22. The lowest BCUT2D eigenvalue weighted by Gasteiger charge is -1.96. The number of para-hydroxylation sites is 2. The van der Waals surface area contributed by atoms with E-state index in [0.29, 0.717) is 0 Å². The van der Waals surface area contributed by atoms with Gasteiger partial charge in [0.05, 0.1) is 11.0 Å². The molecular formula is C15H11N3. The Balaban J connectivity index is 1.94. The zero-order chi connectivity index (χ0) is 11.9. The first-order valence-electron chi connectivity index (χ1n) is 5.92. The lowest BCUT2D eigenvalue weighted by Crippen LogP contribution is -1.80. The van der Waals surface area contributed by atoms with Crippen LogP contribution in [0.2, 0.25) is 0 Å². The van der Waals surface area contributed by atoms with E-state index >= 15 is 0 Å². The number of aromatic nitrogens is 3. The number of H-pyrrole nitrogens is 2. The van der Waals surface area contributed by atoms with Crippen molar-refractivity contribution >= 4 is 21.9 Å². The second-order valence-corrected chi connectivity index (χ2v) is 4.38. The molecular weight excluding hydrogens is 222 g/mol. The number of hydrogen-bond acceptors (Lipinski definition) is 1. The van der Waals surface area contributed by atoms with Crippen molar-refractivity contribution in [3.05, 3.63) is 54.7 Å². The third-order valence-electron chi connectivity index (χ3n) is 3.22. The van der Waals surface area contributed by atoms with E-state index in [-0.39, 0.29) is 0 Å². The predicted octanol–water partition coefficient (Wildman–Crippen LogP) is 3.71. The minimum Gasteiger partial charge on any atom is -0.361 e. The number of benzene rings is 2. The van der Waals surface area contributed by atoms with Gasteiger partial charge in [0, 0.05) is 17.3 Å². The second-order valence-electron chi connectivity index (χ2n) is 4.38. The molecule has 0 radical (unpaired) electrons. The van der Waals surface area contributed by atoms with Crippen LogP contribution in [0.5, 0.6) is 0 Å². The van der Waals surface area contributed by atoms with Crippen LogP contribution in [0.25, 0.3) is 33.3 Å². The largest absolute Gasteiger partial charge is 0.361 e. The molecule has 4 rings (SSSR count). The fraction of sp³-hybridized carbons (Fsp3) is 0. The molecule has 2 N–H and O–H groups in total. The van der Waals surface area contributed by atoms with Gasteiger partial charge in [-0.1, -0.05) is 24.3 Å². The van der Waals surface area contributed by atoms with Gasteiger partial charge >= 0.3 is 0 Å². The molecule has 0 atom stereocenters. The summed E-state index contributed by atoms with van der Waals surface area (Å²) in [6.45, 7) is 0. The number of nitrogens with one attached hydrogen (secondary N) is 2. The topological polar surface area (TPSA) is 44.5 Å². The van der Waals surface area contributed by atoms with Crippen LogP contribution in [-0.2, 0) is 0 Å². The molecule has 2 aromatic heterocycles. The third-order valence-corrected chi connectivity index (χ3v) is 3.22. The Labute approximate surface area is 103 Å². The summed E-state index contributed by atoms with van der Waals surface area (Å²) in [5.41, 5.74) is 4.30. The van der Waals surface area contributed by atoms with Crippen LogP contribution in [0, 0.1) is 0 Å². The first kappa shape index (κ1) is 9.48. The van der Waals surface area contributed by atoms with Crippen molar-refractivity contribution in [1.29, 1.82) is 0 Å². The van der Waals surface area contributed by atoms with Crippen LogP contribution in [0.3, 0.4) is 0 Å². The number of rotatable bonds is 1. The Bertz CT molecular complexity index is 806. The molecule has 2 heterocycles. The third kappa shape index (κ3) is 1.34. The van der Waals surface area contributed by atoms with Crippen LogP contribution in [-0.4, -0.2) is 15.0 Å². The maximum atomic E-state index is 4.60. The Morgan fingerprint density at radius 2 is 1.83 bits per heavy atom. The molecule has 0 saturated heterocycles. The monoisotopic (exact) mass is 233 g/mol. The van der Waals surface area contributed by atoms with E-state index in [0.717, 1.165) is 27.9 Å². The van der Waals surface area contributed by atoms with Crippen LogP contribution >= 0.6 is 0 Å². The smallest absolute Gasteiger partial charge is 0.138 e. The summed E-state index contributed by atoms with van der Waals surface area (Å²) in [6, 6.07) is 16.5. The van der Waals surface area contributed by atoms with E-state index in [1.807, 2.05) is 30.5 Å². The van der Waals surface area contributed by atoms with Crippen LogP contribution in [0.15, 0.2) is 54.7 Å². The highest BCUT2D eigenvalue weighted by Gasteiger charge is 2.05. The maximum absolute atomic E-state index is 4.60. The molecule has 3 nitrogen and oxygen atoms in total. The number of nitrogens with zero attached hydrogens (tertiary/aromatic N) is 1. The molecule has 18 heavy (non-hydrogen) atoms. The molecule has 3 heteroatoms. The molecule has 0 aliphatic carbocycles. The summed E-state index contributed by atoms with van der Waals surface area (Å²) in [5.74, 6) is 0.910. The molecule has 0 saturated carbocycles. The first-order chi connectivity index (χ1) is 8.90. The van der Waals surface area contributed by atoms with Crippen LogP contribution in [0.1, 0.15) is 0 Å². The molecule has 86 valence electrons. The number of fused-ring (bicyclic) bond motifs is 2. The van der Waals surface area contributed by atoms with Gasteiger partial charge in [0.15, 0.2) is 0 Å². The van der Waals surface area contributed by atoms with Gasteiger partial charge in [-0.2, -0.15) is 0 Å². The molecule has 4 aromatic rings. The molecule has 0 aliphatic heterocycles. The normalized spacial score (nSPS) is 11.3. The predicted molar refractivity (Wildman–Crippen MR) is 73.4 cm³/mol. The zero-order valence-electron chi connectivity index (χ0n) is 9.64. The highest BCUT2D eigenvalue weighted by Crippen LogP contribution is 2.23. The van der Waals surface area contributed by atoms with Crippen molar-refractivity contribution in [2.75, 3.05) is 0 Å². The van der Waals surface area contributed by atoms with Gasteiger partial charge in [0.1, 0.15) is 5.82 Å². The van der Waals surface area contributed by atoms with Gasteiger partial charge in [0.2, 0.25) is 0 Å². The molecule has 0 amide bonds. The Kier molecular flexibility index (Phi) is 1.83. The van der Waals surface area contributed by atoms with Gasteiger partial charge in [-0.15, -0.1) is 0 Å². The Hall–Kier alpha value is -2.55. The number of aromatic amines is 2. The van der Waals surface area contributed by atoms with Crippen LogP contribution in [0.4, 0.5) is 0 Å². The lowest BCUT2D eigenvalue weighted by molar-refractivity contribution is 1.34. The quantitative estimate of drug-likeness (QED) is 0.517. The van der Waals surface area contributed by atoms with E-state index in [9.17, 15) is 0 Å². The Morgan fingerprint density at radius 1 is 0.889 bits per heavy atom. The average Bonchev–Trinajstić information content (AvgIpc) is 3.04. The molecule has 0 spiro atoms. The first-order valence-corrected chi connectivity index (χ1v) is 5.92. The fourth-order valence-corrected chi connectivity index (χ4v) is 2.28. The summed E-state index contributed by atoms with van der Waals surface area (Å²) in [7, 11) is 0. The van der Waals surface area contributed by atoms with Gasteiger partial charge in [-0.25, -0.2) is 4.98 Å².